The van der Waals surface area contributed by atoms with E-state index in [4.69, 9.17) is 0 Å². The highest BCUT2D eigenvalue weighted by Gasteiger charge is 2.12. The number of aryl methyl sites for hydroxylation is 2. The van der Waals surface area contributed by atoms with Gasteiger partial charge in [-0.3, -0.25) is 9.48 Å². The van der Waals surface area contributed by atoms with Crippen molar-refractivity contribution in [1.29, 1.82) is 0 Å². The van der Waals surface area contributed by atoms with Crippen molar-refractivity contribution in [3.63, 3.8) is 0 Å². The average molecular weight is 281 g/mol. The standard InChI is InChI=1S/C15H15N5O/c1-9-13-14(16-8-17-15(13)20(3)19-9)18-12-6-4-5-11(7-12)10(2)21/h4-8H,1-3H3,(H,16,17,18). The molecular weight excluding hydrogens is 266 g/mol. The number of nitrogens with zero attached hydrogens (tertiary/aromatic N) is 4. The second kappa shape index (κ2) is 4.97. The van der Waals surface area contributed by atoms with Crippen LogP contribution in [-0.2, 0) is 7.05 Å². The molecule has 21 heavy (non-hydrogen) atoms. The van der Waals surface area contributed by atoms with E-state index < -0.39 is 0 Å². The fraction of sp³-hybridized carbons (Fsp3) is 0.200. The summed E-state index contributed by atoms with van der Waals surface area (Å²) in [6.45, 7) is 3.47. The number of nitrogens with one attached hydrogen (secondary N) is 1. The van der Waals surface area contributed by atoms with Crippen LogP contribution >= 0.6 is 0 Å². The highest BCUT2D eigenvalue weighted by molar-refractivity contribution is 5.96. The first kappa shape index (κ1) is 13.2. The number of carbonyl (C=O) groups excluding carboxylic acids is 1. The maximum Gasteiger partial charge on any atom is 0.163 e. The predicted octanol–water partition coefficient (Wildman–Crippen LogP) is 2.62. The zero-order valence-corrected chi connectivity index (χ0v) is 12.1. The number of aromatic nitrogens is 4. The molecule has 0 aliphatic carbocycles. The number of hydrogen-bond acceptors (Lipinski definition) is 5. The lowest BCUT2D eigenvalue weighted by atomic mass is 10.1. The summed E-state index contributed by atoms with van der Waals surface area (Å²) in [4.78, 5) is 20.0. The second-order valence-corrected chi connectivity index (χ2v) is 4.89. The minimum absolute atomic E-state index is 0.0315. The van der Waals surface area contributed by atoms with E-state index >= 15 is 0 Å². The van der Waals surface area contributed by atoms with Crippen LogP contribution in [0.25, 0.3) is 11.0 Å². The molecule has 0 aliphatic heterocycles. The molecule has 2 heterocycles. The van der Waals surface area contributed by atoms with E-state index in [2.05, 4.69) is 20.4 Å². The van der Waals surface area contributed by atoms with Gasteiger partial charge in [0.15, 0.2) is 11.4 Å². The summed E-state index contributed by atoms with van der Waals surface area (Å²) in [6.07, 6.45) is 1.50. The maximum absolute atomic E-state index is 11.5. The van der Waals surface area contributed by atoms with Gasteiger partial charge in [-0.2, -0.15) is 5.10 Å². The minimum Gasteiger partial charge on any atom is -0.339 e. The lowest BCUT2D eigenvalue weighted by Gasteiger charge is -2.07. The third-order valence-corrected chi connectivity index (χ3v) is 3.33. The molecule has 1 aromatic carbocycles. The third-order valence-electron chi connectivity index (χ3n) is 3.33. The van der Waals surface area contributed by atoms with Crippen molar-refractivity contribution in [2.75, 3.05) is 5.32 Å². The number of carbonyl (C=O) groups is 1. The van der Waals surface area contributed by atoms with Crippen LogP contribution in [0.15, 0.2) is 30.6 Å². The summed E-state index contributed by atoms with van der Waals surface area (Å²) >= 11 is 0. The predicted molar refractivity (Wildman–Crippen MR) is 80.8 cm³/mol. The molecule has 0 saturated heterocycles. The van der Waals surface area contributed by atoms with Crippen LogP contribution in [-0.4, -0.2) is 25.5 Å². The third kappa shape index (κ3) is 2.35. The van der Waals surface area contributed by atoms with Crippen molar-refractivity contribution in [2.45, 2.75) is 13.8 Å². The Morgan fingerprint density at radius 2 is 2.10 bits per heavy atom. The Morgan fingerprint density at radius 3 is 2.86 bits per heavy atom. The Labute approximate surface area is 121 Å². The average Bonchev–Trinajstić information content (AvgIpc) is 2.75. The Balaban J connectivity index is 2.06. The molecular formula is C15H15N5O. The molecule has 2 aromatic heterocycles. The van der Waals surface area contributed by atoms with Gasteiger partial charge in [0.2, 0.25) is 0 Å². The van der Waals surface area contributed by atoms with Crippen LogP contribution in [0.2, 0.25) is 0 Å². The molecule has 0 aliphatic rings. The minimum atomic E-state index is 0.0315. The number of hydrogen-bond donors (Lipinski definition) is 1. The van der Waals surface area contributed by atoms with Gasteiger partial charge in [0.1, 0.15) is 12.1 Å². The fourth-order valence-electron chi connectivity index (χ4n) is 2.32. The number of fused-ring (bicyclic) bond motifs is 1. The molecule has 0 bridgehead atoms. The van der Waals surface area contributed by atoms with E-state index in [1.54, 1.807) is 17.7 Å². The molecule has 6 heteroatoms. The van der Waals surface area contributed by atoms with Gasteiger partial charge in [-0.05, 0) is 26.0 Å². The summed E-state index contributed by atoms with van der Waals surface area (Å²) in [5, 5.41) is 8.48. The molecule has 1 N–H and O–H groups in total. The molecule has 0 radical (unpaired) electrons. The van der Waals surface area contributed by atoms with Gasteiger partial charge in [-0.15, -0.1) is 0 Å². The maximum atomic E-state index is 11.5. The number of rotatable bonds is 3. The fourth-order valence-corrected chi connectivity index (χ4v) is 2.32. The number of Topliss-reactive ketones (excluding diaryl/α,β-unsaturated/α-hetero) is 1. The van der Waals surface area contributed by atoms with E-state index in [-0.39, 0.29) is 5.78 Å². The van der Waals surface area contributed by atoms with Crippen molar-refractivity contribution in [3.05, 3.63) is 41.9 Å². The topological polar surface area (TPSA) is 72.7 Å². The van der Waals surface area contributed by atoms with E-state index in [1.807, 2.05) is 32.2 Å². The van der Waals surface area contributed by atoms with Crippen molar-refractivity contribution in [2.24, 2.45) is 7.05 Å². The van der Waals surface area contributed by atoms with Crippen LogP contribution in [0.5, 0.6) is 0 Å². The van der Waals surface area contributed by atoms with E-state index in [9.17, 15) is 4.79 Å². The monoisotopic (exact) mass is 281 g/mol. The van der Waals surface area contributed by atoms with Crippen molar-refractivity contribution >= 4 is 28.3 Å². The molecule has 0 atom stereocenters. The van der Waals surface area contributed by atoms with Gasteiger partial charge in [0.05, 0.1) is 11.1 Å². The SMILES string of the molecule is CC(=O)c1cccc(Nc2ncnc3c2c(C)nn3C)c1. The number of ketones is 1. The summed E-state index contributed by atoms with van der Waals surface area (Å²) < 4.78 is 1.73. The Bertz CT molecular complexity index is 837. The molecule has 3 aromatic rings. The molecule has 106 valence electrons. The quantitative estimate of drug-likeness (QED) is 0.747. The molecule has 3 rings (SSSR count). The van der Waals surface area contributed by atoms with Crippen LogP contribution in [0.1, 0.15) is 23.0 Å². The molecule has 0 unspecified atom stereocenters. The van der Waals surface area contributed by atoms with Gasteiger partial charge in [0.25, 0.3) is 0 Å². The normalized spacial score (nSPS) is 10.8. The first-order valence-corrected chi connectivity index (χ1v) is 6.58. The van der Waals surface area contributed by atoms with Crippen molar-refractivity contribution in [3.8, 4) is 0 Å². The lowest BCUT2D eigenvalue weighted by Crippen LogP contribution is -1.99. The second-order valence-electron chi connectivity index (χ2n) is 4.89. The van der Waals surface area contributed by atoms with Gasteiger partial charge in [0, 0.05) is 18.3 Å². The number of anilines is 2. The van der Waals surface area contributed by atoms with Gasteiger partial charge in [-0.25, -0.2) is 9.97 Å². The van der Waals surface area contributed by atoms with E-state index in [0.717, 1.165) is 22.4 Å². The highest BCUT2D eigenvalue weighted by Crippen LogP contribution is 2.25. The zero-order valence-electron chi connectivity index (χ0n) is 12.1. The summed E-state index contributed by atoms with van der Waals surface area (Å²) in [7, 11) is 1.85. The molecule has 0 fully saturated rings. The molecule has 0 saturated carbocycles. The van der Waals surface area contributed by atoms with Crippen LogP contribution in [0.3, 0.4) is 0 Å². The van der Waals surface area contributed by atoms with Crippen LogP contribution in [0.4, 0.5) is 11.5 Å². The summed E-state index contributed by atoms with van der Waals surface area (Å²) in [5.41, 5.74) is 3.10. The van der Waals surface area contributed by atoms with Crippen LogP contribution in [0, 0.1) is 6.92 Å². The first-order valence-electron chi connectivity index (χ1n) is 6.58. The molecule has 0 spiro atoms. The van der Waals surface area contributed by atoms with Gasteiger partial charge < -0.3 is 5.32 Å². The van der Waals surface area contributed by atoms with E-state index in [0.29, 0.717) is 11.4 Å². The first-order chi connectivity index (χ1) is 10.1. The summed E-state index contributed by atoms with van der Waals surface area (Å²) in [5.74, 6) is 0.718. The summed E-state index contributed by atoms with van der Waals surface area (Å²) in [6, 6.07) is 7.33. The lowest BCUT2D eigenvalue weighted by molar-refractivity contribution is 0.101. The van der Waals surface area contributed by atoms with Crippen LogP contribution < -0.4 is 5.32 Å². The smallest absolute Gasteiger partial charge is 0.163 e. The largest absolute Gasteiger partial charge is 0.339 e. The molecule has 0 amide bonds. The van der Waals surface area contributed by atoms with Gasteiger partial charge >= 0.3 is 0 Å². The van der Waals surface area contributed by atoms with Gasteiger partial charge in [-0.1, -0.05) is 12.1 Å². The van der Waals surface area contributed by atoms with Crippen molar-refractivity contribution < 1.29 is 4.79 Å². The van der Waals surface area contributed by atoms with Crippen molar-refractivity contribution in [1.82, 2.24) is 19.7 Å². The Morgan fingerprint density at radius 1 is 1.29 bits per heavy atom. The number of benzene rings is 1. The zero-order chi connectivity index (χ0) is 15.0. The Hall–Kier alpha value is -2.76. The Kier molecular flexibility index (Phi) is 3.13. The highest BCUT2D eigenvalue weighted by atomic mass is 16.1. The molecule has 6 nitrogen and oxygen atoms in total. The van der Waals surface area contributed by atoms with E-state index in [1.165, 1.54) is 6.33 Å².